The summed E-state index contributed by atoms with van der Waals surface area (Å²) in [5, 5.41) is 4.12. The van der Waals surface area contributed by atoms with E-state index in [1.54, 1.807) is 7.05 Å². The van der Waals surface area contributed by atoms with Gasteiger partial charge in [-0.25, -0.2) is 9.48 Å². The Morgan fingerprint density at radius 1 is 1.47 bits per heavy atom. The lowest BCUT2D eigenvalue weighted by Gasteiger charge is -2.22. The van der Waals surface area contributed by atoms with E-state index < -0.39 is 0 Å². The van der Waals surface area contributed by atoms with Crippen LogP contribution in [0.25, 0.3) is 0 Å². The van der Waals surface area contributed by atoms with Gasteiger partial charge >= 0.3 is 5.69 Å². The lowest BCUT2D eigenvalue weighted by atomic mass is 9.94. The number of aryl methyl sites for hydroxylation is 1. The maximum atomic E-state index is 11.9. The average Bonchev–Trinajstić information content (AvgIpc) is 2.61. The van der Waals surface area contributed by atoms with Crippen molar-refractivity contribution in [3.63, 3.8) is 0 Å². The monoisotopic (exact) mass is 268 g/mol. The zero-order valence-electron chi connectivity index (χ0n) is 12.5. The molecule has 1 aromatic rings. The van der Waals surface area contributed by atoms with Crippen molar-refractivity contribution >= 4 is 5.78 Å². The van der Waals surface area contributed by atoms with Crippen molar-refractivity contribution in [1.29, 1.82) is 0 Å². The molecule has 2 atom stereocenters. The van der Waals surface area contributed by atoms with Gasteiger partial charge in [-0.15, -0.1) is 0 Å². The molecule has 0 unspecified atom stereocenters. The minimum atomic E-state index is -0.126. The molecular formula is C13H24N4O2. The summed E-state index contributed by atoms with van der Waals surface area (Å²) in [6, 6.07) is -0.0280. The lowest BCUT2D eigenvalue weighted by Crippen LogP contribution is -2.32. The van der Waals surface area contributed by atoms with Crippen molar-refractivity contribution in [2.75, 3.05) is 20.6 Å². The third kappa shape index (κ3) is 4.02. The van der Waals surface area contributed by atoms with Crippen LogP contribution in [0.15, 0.2) is 11.1 Å². The quantitative estimate of drug-likeness (QED) is 0.730. The molecule has 0 saturated heterocycles. The number of ketones is 1. The summed E-state index contributed by atoms with van der Waals surface area (Å²) in [7, 11) is 5.44. The molecule has 0 amide bonds. The smallest absolute Gasteiger partial charge is 0.302 e. The maximum absolute atomic E-state index is 11.9. The second kappa shape index (κ2) is 6.65. The van der Waals surface area contributed by atoms with Crippen LogP contribution in [0.2, 0.25) is 0 Å². The molecule has 6 nitrogen and oxygen atoms in total. The van der Waals surface area contributed by atoms with E-state index in [2.05, 4.69) is 5.10 Å². The number of aromatic nitrogens is 3. The summed E-state index contributed by atoms with van der Waals surface area (Å²) >= 11 is 0. The van der Waals surface area contributed by atoms with Crippen LogP contribution in [-0.4, -0.2) is 45.7 Å². The van der Waals surface area contributed by atoms with Gasteiger partial charge in [0.05, 0.1) is 12.6 Å². The zero-order valence-corrected chi connectivity index (χ0v) is 12.5. The van der Waals surface area contributed by atoms with Gasteiger partial charge in [0.15, 0.2) is 0 Å². The zero-order chi connectivity index (χ0) is 14.6. The number of rotatable bonds is 7. The van der Waals surface area contributed by atoms with Crippen molar-refractivity contribution in [3.8, 4) is 0 Å². The molecule has 0 fully saturated rings. The molecule has 108 valence electrons. The Labute approximate surface area is 114 Å². The number of carbonyl (C=O) groups excluding carboxylic acids is 1. The SMILES string of the molecule is CC[C@@H]([C@H](C)CC(=O)CN(C)C)n1ncn(C)c1=O. The van der Waals surface area contributed by atoms with Gasteiger partial charge in [-0.2, -0.15) is 5.10 Å². The lowest BCUT2D eigenvalue weighted by molar-refractivity contribution is -0.120. The van der Waals surface area contributed by atoms with E-state index in [4.69, 9.17) is 0 Å². The largest absolute Gasteiger partial charge is 0.345 e. The molecule has 1 aromatic heterocycles. The minimum absolute atomic E-state index is 0.0280. The van der Waals surface area contributed by atoms with E-state index in [0.29, 0.717) is 13.0 Å². The van der Waals surface area contributed by atoms with Crippen molar-refractivity contribution in [2.45, 2.75) is 32.7 Å². The van der Waals surface area contributed by atoms with E-state index in [1.807, 2.05) is 32.8 Å². The third-order valence-corrected chi connectivity index (χ3v) is 3.28. The molecule has 0 aliphatic carbocycles. The van der Waals surface area contributed by atoms with Crippen LogP contribution in [0.3, 0.4) is 0 Å². The molecule has 6 heteroatoms. The third-order valence-electron chi connectivity index (χ3n) is 3.28. The molecule has 0 saturated carbocycles. The normalized spacial score (nSPS) is 14.6. The summed E-state index contributed by atoms with van der Waals surface area (Å²) < 4.78 is 2.95. The predicted molar refractivity (Wildman–Crippen MR) is 74.1 cm³/mol. The first-order valence-electron chi connectivity index (χ1n) is 6.63. The fourth-order valence-electron chi connectivity index (χ4n) is 2.35. The molecule has 1 heterocycles. The van der Waals surface area contributed by atoms with Gasteiger partial charge in [-0.3, -0.25) is 9.36 Å². The van der Waals surface area contributed by atoms with Crippen LogP contribution >= 0.6 is 0 Å². The van der Waals surface area contributed by atoms with Crippen LogP contribution in [0, 0.1) is 5.92 Å². The van der Waals surface area contributed by atoms with Crippen molar-refractivity contribution in [2.24, 2.45) is 13.0 Å². The van der Waals surface area contributed by atoms with Crippen LogP contribution in [0.5, 0.6) is 0 Å². The van der Waals surface area contributed by atoms with Crippen molar-refractivity contribution in [1.82, 2.24) is 19.2 Å². The summed E-state index contributed by atoms with van der Waals surface area (Å²) in [6.45, 7) is 4.46. The Hall–Kier alpha value is -1.43. The van der Waals surface area contributed by atoms with Gasteiger partial charge in [0.1, 0.15) is 12.1 Å². The van der Waals surface area contributed by atoms with Crippen LogP contribution in [0.4, 0.5) is 0 Å². The van der Waals surface area contributed by atoms with Gasteiger partial charge in [0.25, 0.3) is 0 Å². The highest BCUT2D eigenvalue weighted by atomic mass is 16.2. The molecule has 0 bridgehead atoms. The Kier molecular flexibility index (Phi) is 5.47. The van der Waals surface area contributed by atoms with Gasteiger partial charge in [0.2, 0.25) is 0 Å². The second-order valence-corrected chi connectivity index (χ2v) is 5.40. The van der Waals surface area contributed by atoms with Crippen LogP contribution in [-0.2, 0) is 11.8 Å². The molecule has 0 radical (unpaired) electrons. The number of hydrogen-bond donors (Lipinski definition) is 0. The Morgan fingerprint density at radius 2 is 2.11 bits per heavy atom. The fraction of sp³-hybridized carbons (Fsp3) is 0.769. The van der Waals surface area contributed by atoms with Crippen molar-refractivity contribution < 1.29 is 4.79 Å². The first kappa shape index (κ1) is 15.6. The molecule has 0 aliphatic heterocycles. The highest BCUT2D eigenvalue weighted by Crippen LogP contribution is 2.22. The number of likely N-dealkylation sites (N-methyl/N-ethyl adjacent to an activating group) is 1. The molecule has 0 N–H and O–H groups in total. The van der Waals surface area contributed by atoms with E-state index in [9.17, 15) is 9.59 Å². The number of nitrogens with zero attached hydrogens (tertiary/aromatic N) is 4. The molecule has 19 heavy (non-hydrogen) atoms. The molecule has 0 aromatic carbocycles. The first-order chi connectivity index (χ1) is 8.86. The van der Waals surface area contributed by atoms with Crippen LogP contribution < -0.4 is 5.69 Å². The Bertz CT molecular complexity index is 475. The predicted octanol–water partition coefficient (Wildman–Crippen LogP) is 0.690. The van der Waals surface area contributed by atoms with Gasteiger partial charge in [-0.05, 0) is 26.4 Å². The van der Waals surface area contributed by atoms with Crippen LogP contribution in [0.1, 0.15) is 32.7 Å². The highest BCUT2D eigenvalue weighted by Gasteiger charge is 2.23. The molecular weight excluding hydrogens is 244 g/mol. The average molecular weight is 268 g/mol. The highest BCUT2D eigenvalue weighted by molar-refractivity contribution is 5.80. The second-order valence-electron chi connectivity index (χ2n) is 5.40. The van der Waals surface area contributed by atoms with E-state index in [-0.39, 0.29) is 23.4 Å². The van der Waals surface area contributed by atoms with Gasteiger partial charge in [-0.1, -0.05) is 13.8 Å². The number of carbonyl (C=O) groups is 1. The Balaban J connectivity index is 2.78. The summed E-state index contributed by atoms with van der Waals surface area (Å²) in [5.74, 6) is 0.296. The summed E-state index contributed by atoms with van der Waals surface area (Å²) in [6.07, 6.45) is 2.77. The molecule has 0 aliphatic rings. The topological polar surface area (TPSA) is 60.1 Å². The number of hydrogen-bond acceptors (Lipinski definition) is 4. The van der Waals surface area contributed by atoms with E-state index in [1.165, 1.54) is 15.6 Å². The van der Waals surface area contributed by atoms with Gasteiger partial charge < -0.3 is 4.90 Å². The minimum Gasteiger partial charge on any atom is -0.302 e. The standard InChI is InChI=1S/C13H24N4O2/c1-6-12(17-13(19)16(5)9-14-17)10(2)7-11(18)8-15(3)4/h9-10,12H,6-8H2,1-5H3/t10-,12+/m1/s1. The van der Waals surface area contributed by atoms with E-state index in [0.717, 1.165) is 6.42 Å². The first-order valence-corrected chi connectivity index (χ1v) is 6.63. The fourth-order valence-corrected chi connectivity index (χ4v) is 2.35. The Morgan fingerprint density at radius 3 is 2.53 bits per heavy atom. The van der Waals surface area contributed by atoms with Gasteiger partial charge in [0, 0.05) is 13.5 Å². The molecule has 0 spiro atoms. The summed E-state index contributed by atoms with van der Waals surface area (Å²) in [4.78, 5) is 25.6. The maximum Gasteiger partial charge on any atom is 0.345 e. The van der Waals surface area contributed by atoms with E-state index >= 15 is 0 Å². The molecule has 1 rings (SSSR count). The summed E-state index contributed by atoms with van der Waals surface area (Å²) in [5.41, 5.74) is -0.126. The van der Waals surface area contributed by atoms with Crippen molar-refractivity contribution in [3.05, 3.63) is 16.8 Å². The number of Topliss-reactive ketones (excluding diaryl/α,β-unsaturated/α-hetero) is 1.